The average molecular weight is 306 g/mol. The molecule has 112 valence electrons. The Bertz CT molecular complexity index is 724. The molecule has 0 aliphatic rings. The number of aliphatic carboxylic acids is 1. The number of thioether (sulfide) groups is 1. The number of hydrogen-bond acceptors (Lipinski definition) is 4. The highest BCUT2D eigenvalue weighted by Gasteiger charge is 2.22. The average Bonchev–Trinajstić information content (AvgIpc) is 2.37. The molecule has 0 radical (unpaired) electrons. The Kier molecular flexibility index (Phi) is 4.67. The van der Waals surface area contributed by atoms with Crippen LogP contribution < -0.4 is 5.56 Å². The Labute approximate surface area is 127 Å². The van der Waals surface area contributed by atoms with Crippen LogP contribution in [0.2, 0.25) is 0 Å². The first-order chi connectivity index (χ1) is 9.88. The summed E-state index contributed by atoms with van der Waals surface area (Å²) >= 11 is 1.30. The molecular formula is C15H18N2O3S. The van der Waals surface area contributed by atoms with Gasteiger partial charge in [0.25, 0.3) is 5.56 Å². The zero-order valence-electron chi connectivity index (χ0n) is 12.2. The van der Waals surface area contributed by atoms with Crippen molar-refractivity contribution in [1.29, 1.82) is 0 Å². The monoisotopic (exact) mass is 306 g/mol. The van der Waals surface area contributed by atoms with Gasteiger partial charge >= 0.3 is 5.97 Å². The molecule has 2 rings (SSSR count). The maximum Gasteiger partial charge on any atom is 0.316 e. The van der Waals surface area contributed by atoms with E-state index in [2.05, 4.69) is 4.98 Å². The number of aryl methyl sites for hydroxylation is 1. The lowest BCUT2D eigenvalue weighted by atomic mass is 10.1. The third kappa shape index (κ3) is 3.64. The normalized spacial score (nSPS) is 12.8. The van der Waals surface area contributed by atoms with Crippen molar-refractivity contribution in [3.63, 3.8) is 0 Å². The SMILES string of the molecule is Cc1ccn2c(=O)cc(CSC(C(=O)O)C(C)C)nc2c1. The molecule has 2 aromatic heterocycles. The molecule has 0 bridgehead atoms. The van der Waals surface area contributed by atoms with Crippen LogP contribution in [-0.4, -0.2) is 25.7 Å². The van der Waals surface area contributed by atoms with E-state index in [0.29, 0.717) is 17.1 Å². The molecule has 2 aromatic rings. The van der Waals surface area contributed by atoms with E-state index in [0.717, 1.165) is 5.56 Å². The molecule has 0 saturated heterocycles. The number of hydrogen-bond donors (Lipinski definition) is 1. The molecule has 0 fully saturated rings. The zero-order valence-corrected chi connectivity index (χ0v) is 13.1. The fourth-order valence-electron chi connectivity index (χ4n) is 2.05. The topological polar surface area (TPSA) is 71.7 Å². The summed E-state index contributed by atoms with van der Waals surface area (Å²) in [6, 6.07) is 5.16. The van der Waals surface area contributed by atoms with E-state index in [1.807, 2.05) is 32.9 Å². The second-order valence-electron chi connectivity index (χ2n) is 5.33. The summed E-state index contributed by atoms with van der Waals surface area (Å²) in [4.78, 5) is 27.6. The predicted octanol–water partition coefficient (Wildman–Crippen LogP) is 2.35. The molecule has 0 aromatic carbocycles. The number of fused-ring (bicyclic) bond motifs is 1. The van der Waals surface area contributed by atoms with Gasteiger partial charge in [-0.25, -0.2) is 4.98 Å². The highest BCUT2D eigenvalue weighted by atomic mass is 32.2. The van der Waals surface area contributed by atoms with Crippen LogP contribution >= 0.6 is 11.8 Å². The van der Waals surface area contributed by atoms with Gasteiger partial charge in [-0.15, -0.1) is 11.8 Å². The highest BCUT2D eigenvalue weighted by Crippen LogP contribution is 2.23. The fraction of sp³-hybridized carbons (Fsp3) is 0.400. The number of carboxylic acid groups (broad SMARTS) is 1. The first kappa shape index (κ1) is 15.6. The summed E-state index contributed by atoms with van der Waals surface area (Å²) < 4.78 is 1.48. The number of pyridine rings is 1. The summed E-state index contributed by atoms with van der Waals surface area (Å²) in [6.45, 7) is 5.68. The standard InChI is InChI=1S/C15H18N2O3S/c1-9(2)14(15(19)20)21-8-11-7-13(18)17-5-4-10(3)6-12(17)16-11/h4-7,9,14H,8H2,1-3H3,(H,19,20). The van der Waals surface area contributed by atoms with E-state index in [-0.39, 0.29) is 11.5 Å². The first-order valence-electron chi connectivity index (χ1n) is 6.72. The van der Waals surface area contributed by atoms with Crippen LogP contribution in [0.5, 0.6) is 0 Å². The van der Waals surface area contributed by atoms with Crippen molar-refractivity contribution in [2.75, 3.05) is 0 Å². The van der Waals surface area contributed by atoms with Crippen LogP contribution in [0.15, 0.2) is 29.2 Å². The van der Waals surface area contributed by atoms with Crippen LogP contribution in [0.3, 0.4) is 0 Å². The number of rotatable bonds is 5. The summed E-state index contributed by atoms with van der Waals surface area (Å²) in [7, 11) is 0. The molecule has 0 aliphatic heterocycles. The second kappa shape index (κ2) is 6.30. The van der Waals surface area contributed by atoms with Crippen molar-refractivity contribution in [2.24, 2.45) is 5.92 Å². The lowest BCUT2D eigenvalue weighted by Crippen LogP contribution is -2.23. The van der Waals surface area contributed by atoms with Crippen LogP contribution in [0.1, 0.15) is 25.1 Å². The van der Waals surface area contributed by atoms with Crippen molar-refractivity contribution >= 4 is 23.4 Å². The number of carboxylic acids is 1. The molecule has 0 saturated carbocycles. The Morgan fingerprint density at radius 3 is 2.76 bits per heavy atom. The molecular weight excluding hydrogens is 288 g/mol. The molecule has 6 heteroatoms. The van der Waals surface area contributed by atoms with Crippen LogP contribution in [-0.2, 0) is 10.5 Å². The fourth-order valence-corrected chi connectivity index (χ4v) is 3.08. The molecule has 0 amide bonds. The number of carbonyl (C=O) groups is 1. The van der Waals surface area contributed by atoms with Gasteiger partial charge < -0.3 is 5.11 Å². The van der Waals surface area contributed by atoms with E-state index in [1.165, 1.54) is 22.2 Å². The van der Waals surface area contributed by atoms with Crippen molar-refractivity contribution < 1.29 is 9.90 Å². The van der Waals surface area contributed by atoms with Crippen LogP contribution in [0.25, 0.3) is 5.65 Å². The quantitative estimate of drug-likeness (QED) is 0.918. The molecule has 1 atom stereocenters. The minimum atomic E-state index is -0.830. The van der Waals surface area contributed by atoms with Gasteiger partial charge in [0.1, 0.15) is 10.9 Å². The Hall–Kier alpha value is -1.82. The lowest BCUT2D eigenvalue weighted by Gasteiger charge is -2.15. The number of nitrogens with zero attached hydrogens (tertiary/aromatic N) is 2. The van der Waals surface area contributed by atoms with Gasteiger partial charge in [-0.05, 0) is 30.5 Å². The Morgan fingerprint density at radius 1 is 1.43 bits per heavy atom. The molecule has 21 heavy (non-hydrogen) atoms. The van der Waals surface area contributed by atoms with Crippen molar-refractivity contribution in [2.45, 2.75) is 31.8 Å². The predicted molar refractivity (Wildman–Crippen MR) is 83.8 cm³/mol. The molecule has 1 N–H and O–H groups in total. The maximum atomic E-state index is 12.0. The molecule has 0 aliphatic carbocycles. The maximum absolute atomic E-state index is 12.0. The summed E-state index contributed by atoms with van der Waals surface area (Å²) in [5.41, 5.74) is 2.08. The Morgan fingerprint density at radius 2 is 2.14 bits per heavy atom. The summed E-state index contributed by atoms with van der Waals surface area (Å²) in [5.74, 6) is -0.394. The Balaban J connectivity index is 2.27. The van der Waals surface area contributed by atoms with E-state index in [1.54, 1.807) is 6.20 Å². The van der Waals surface area contributed by atoms with Gasteiger partial charge in [0.05, 0.1) is 5.69 Å². The van der Waals surface area contributed by atoms with E-state index in [9.17, 15) is 14.7 Å². The minimum Gasteiger partial charge on any atom is -0.480 e. The summed E-state index contributed by atoms with van der Waals surface area (Å²) in [5, 5.41) is 8.68. The molecule has 1 unspecified atom stereocenters. The molecule has 5 nitrogen and oxygen atoms in total. The molecule has 2 heterocycles. The van der Waals surface area contributed by atoms with Crippen molar-refractivity contribution in [3.05, 3.63) is 46.0 Å². The van der Waals surface area contributed by atoms with Crippen LogP contribution in [0.4, 0.5) is 0 Å². The van der Waals surface area contributed by atoms with Gasteiger partial charge in [-0.2, -0.15) is 0 Å². The summed E-state index contributed by atoms with van der Waals surface area (Å²) in [6.07, 6.45) is 1.70. The lowest BCUT2D eigenvalue weighted by molar-refractivity contribution is -0.137. The third-order valence-electron chi connectivity index (χ3n) is 3.14. The minimum absolute atomic E-state index is 0.0243. The van der Waals surface area contributed by atoms with E-state index in [4.69, 9.17) is 0 Å². The van der Waals surface area contributed by atoms with Crippen molar-refractivity contribution in [1.82, 2.24) is 9.38 Å². The highest BCUT2D eigenvalue weighted by molar-refractivity contribution is 7.99. The second-order valence-corrected chi connectivity index (χ2v) is 6.46. The van der Waals surface area contributed by atoms with E-state index >= 15 is 0 Å². The van der Waals surface area contributed by atoms with E-state index < -0.39 is 11.2 Å². The van der Waals surface area contributed by atoms with Gasteiger partial charge in [-0.3, -0.25) is 14.0 Å². The van der Waals surface area contributed by atoms with Gasteiger partial charge in [-0.1, -0.05) is 13.8 Å². The van der Waals surface area contributed by atoms with Gasteiger partial charge in [0.2, 0.25) is 0 Å². The smallest absolute Gasteiger partial charge is 0.316 e. The van der Waals surface area contributed by atoms with Crippen molar-refractivity contribution in [3.8, 4) is 0 Å². The van der Waals surface area contributed by atoms with Crippen LogP contribution in [0, 0.1) is 12.8 Å². The third-order valence-corrected chi connectivity index (χ3v) is 4.70. The van der Waals surface area contributed by atoms with Gasteiger partial charge in [0, 0.05) is 18.0 Å². The zero-order chi connectivity index (χ0) is 15.6. The largest absolute Gasteiger partial charge is 0.480 e. The number of aromatic nitrogens is 2. The molecule has 0 spiro atoms. The first-order valence-corrected chi connectivity index (χ1v) is 7.76. The van der Waals surface area contributed by atoms with Gasteiger partial charge in [0.15, 0.2) is 0 Å².